The average molecular weight is 485 g/mol. The molecule has 0 saturated carbocycles. The van der Waals surface area contributed by atoms with Crippen LogP contribution in [0.5, 0.6) is 0 Å². The zero-order valence-electron chi connectivity index (χ0n) is 19.8. The van der Waals surface area contributed by atoms with Crippen LogP contribution in [0.25, 0.3) is 11.1 Å². The molecule has 6 nitrogen and oxygen atoms in total. The van der Waals surface area contributed by atoms with E-state index in [1.807, 2.05) is 37.3 Å². The lowest BCUT2D eigenvalue weighted by Gasteiger charge is -2.20. The Labute approximate surface area is 207 Å². The fourth-order valence-corrected chi connectivity index (χ4v) is 4.21. The minimum Gasteiger partial charge on any atom is -0.478 e. The van der Waals surface area contributed by atoms with Gasteiger partial charge in [0.15, 0.2) is 0 Å². The number of rotatable bonds is 7. The molecule has 182 valence electrons. The zero-order valence-corrected chi connectivity index (χ0v) is 19.8. The third-order valence-electron chi connectivity index (χ3n) is 6.25. The van der Waals surface area contributed by atoms with E-state index >= 15 is 4.39 Å². The molecule has 0 fully saturated rings. The highest BCUT2D eigenvalue weighted by atomic mass is 19.1. The molecule has 1 atom stereocenters. The number of aromatic amines is 1. The number of benzene rings is 3. The lowest BCUT2D eigenvalue weighted by atomic mass is 9.84. The molecule has 7 heteroatoms. The first kappa shape index (κ1) is 24.6. The zero-order chi connectivity index (χ0) is 25.8. The predicted molar refractivity (Wildman–Crippen MR) is 137 cm³/mol. The van der Waals surface area contributed by atoms with Gasteiger partial charge in [-0.3, -0.25) is 4.79 Å². The molecule has 0 aliphatic rings. The summed E-state index contributed by atoms with van der Waals surface area (Å²) in [4.78, 5) is 25.5. The maximum absolute atomic E-state index is 15.1. The average Bonchev–Trinajstić information content (AvgIpc) is 2.87. The second kappa shape index (κ2) is 10.4. The van der Waals surface area contributed by atoms with Crippen molar-refractivity contribution >= 4 is 11.7 Å². The first-order valence-electron chi connectivity index (χ1n) is 11.4. The Bertz CT molecular complexity index is 1490. The molecule has 1 aromatic heterocycles. The van der Waals surface area contributed by atoms with Crippen LogP contribution in [0.15, 0.2) is 88.9 Å². The third-order valence-corrected chi connectivity index (χ3v) is 6.25. The van der Waals surface area contributed by atoms with Crippen molar-refractivity contribution in [3.8, 4) is 11.1 Å². The van der Waals surface area contributed by atoms with E-state index in [9.17, 15) is 14.8 Å². The quantitative estimate of drug-likeness (QED) is 0.173. The number of halogens is 1. The number of nitrogens with zero attached hydrogens (tertiary/aromatic N) is 1. The minimum absolute atomic E-state index is 0.189. The number of nitrogens with one attached hydrogen (secondary N) is 1. The predicted octanol–water partition coefficient (Wildman–Crippen LogP) is 5.90. The summed E-state index contributed by atoms with van der Waals surface area (Å²) < 4.78 is 15.1. The lowest BCUT2D eigenvalue weighted by Crippen LogP contribution is -2.15. The van der Waals surface area contributed by atoms with Gasteiger partial charge < -0.3 is 15.3 Å². The van der Waals surface area contributed by atoms with Crippen LogP contribution in [0.3, 0.4) is 0 Å². The molecule has 36 heavy (non-hydrogen) atoms. The standard InChI is InChI=1S/C29H25FN2O4/c1-17-3-12-24(26(30)13-17)25(15-27(32-36)23-14-18(2)28(33)31-16-23)21-8-4-19(5-9-21)20-6-10-22(11-7-20)29(34)35/h3-14,16,25,36H,15H2,1-2H3,(H,31,33)(H,34,35)/b32-27+. The topological polar surface area (TPSA) is 103 Å². The van der Waals surface area contributed by atoms with Gasteiger partial charge in [-0.05, 0) is 65.9 Å². The number of aromatic carboxylic acids is 1. The van der Waals surface area contributed by atoms with Crippen molar-refractivity contribution in [1.29, 1.82) is 0 Å². The largest absolute Gasteiger partial charge is 0.478 e. The Morgan fingerprint density at radius 3 is 2.14 bits per heavy atom. The molecule has 4 rings (SSSR count). The molecule has 0 spiro atoms. The van der Waals surface area contributed by atoms with Gasteiger partial charge in [0.1, 0.15) is 5.82 Å². The van der Waals surface area contributed by atoms with E-state index in [0.29, 0.717) is 22.4 Å². The Morgan fingerprint density at radius 2 is 1.58 bits per heavy atom. The maximum Gasteiger partial charge on any atom is 0.335 e. The first-order valence-corrected chi connectivity index (χ1v) is 11.4. The second-order valence-electron chi connectivity index (χ2n) is 8.73. The number of aromatic nitrogens is 1. The van der Waals surface area contributed by atoms with E-state index in [4.69, 9.17) is 5.11 Å². The summed E-state index contributed by atoms with van der Waals surface area (Å²) in [5, 5.41) is 22.4. The van der Waals surface area contributed by atoms with E-state index < -0.39 is 11.9 Å². The number of carbonyl (C=O) groups is 1. The van der Waals surface area contributed by atoms with E-state index in [1.165, 1.54) is 12.3 Å². The van der Waals surface area contributed by atoms with Crippen LogP contribution >= 0.6 is 0 Å². The molecule has 0 saturated heterocycles. The van der Waals surface area contributed by atoms with Crippen LogP contribution in [0, 0.1) is 19.7 Å². The lowest BCUT2D eigenvalue weighted by molar-refractivity contribution is 0.0697. The number of aryl methyl sites for hydroxylation is 2. The SMILES string of the molecule is Cc1ccc(C(C/C(=N\O)c2c[nH]c(=O)c(C)c2)c2ccc(-c3ccc(C(=O)O)cc3)cc2)c(F)c1. The number of carboxylic acids is 1. The summed E-state index contributed by atoms with van der Waals surface area (Å²) in [6.45, 7) is 3.48. The van der Waals surface area contributed by atoms with Gasteiger partial charge in [-0.1, -0.05) is 53.7 Å². The highest BCUT2D eigenvalue weighted by Gasteiger charge is 2.22. The molecule has 3 aromatic carbocycles. The maximum atomic E-state index is 15.1. The van der Waals surface area contributed by atoms with E-state index in [2.05, 4.69) is 10.1 Å². The normalized spacial score (nSPS) is 12.4. The molecule has 4 aromatic rings. The fourth-order valence-electron chi connectivity index (χ4n) is 4.21. The molecule has 0 radical (unpaired) electrons. The van der Waals surface area contributed by atoms with Crippen LogP contribution in [0.4, 0.5) is 4.39 Å². The van der Waals surface area contributed by atoms with Gasteiger partial charge >= 0.3 is 5.97 Å². The number of oxime groups is 1. The van der Waals surface area contributed by atoms with Crippen molar-refractivity contribution in [3.05, 3.63) is 129 Å². The second-order valence-corrected chi connectivity index (χ2v) is 8.73. The molecule has 1 unspecified atom stereocenters. The Balaban J connectivity index is 1.72. The highest BCUT2D eigenvalue weighted by molar-refractivity contribution is 6.00. The molecular formula is C29H25FN2O4. The summed E-state index contributed by atoms with van der Waals surface area (Å²) in [6, 6.07) is 20.8. The molecule has 0 amide bonds. The Kier molecular flexibility index (Phi) is 7.10. The first-order chi connectivity index (χ1) is 17.3. The summed E-state index contributed by atoms with van der Waals surface area (Å²) in [5.74, 6) is -1.81. The van der Waals surface area contributed by atoms with Gasteiger partial charge in [-0.25, -0.2) is 9.18 Å². The van der Waals surface area contributed by atoms with Gasteiger partial charge in [0, 0.05) is 29.7 Å². The fraction of sp³-hybridized carbons (Fsp3) is 0.138. The van der Waals surface area contributed by atoms with Crippen LogP contribution < -0.4 is 5.56 Å². The molecule has 0 aliphatic heterocycles. The van der Waals surface area contributed by atoms with Crippen molar-refractivity contribution < 1.29 is 19.5 Å². The molecule has 0 bridgehead atoms. The minimum atomic E-state index is -0.987. The van der Waals surface area contributed by atoms with Gasteiger partial charge in [-0.2, -0.15) is 0 Å². The van der Waals surface area contributed by atoms with Crippen LogP contribution in [0.1, 0.15) is 50.5 Å². The van der Waals surface area contributed by atoms with Crippen LogP contribution in [0.2, 0.25) is 0 Å². The van der Waals surface area contributed by atoms with Crippen molar-refractivity contribution in [2.45, 2.75) is 26.2 Å². The summed E-state index contributed by atoms with van der Waals surface area (Å²) in [6.07, 6.45) is 1.67. The van der Waals surface area contributed by atoms with Crippen molar-refractivity contribution in [2.24, 2.45) is 5.16 Å². The summed E-state index contributed by atoms with van der Waals surface area (Å²) >= 11 is 0. The smallest absolute Gasteiger partial charge is 0.335 e. The van der Waals surface area contributed by atoms with E-state index in [-0.39, 0.29) is 23.4 Å². The van der Waals surface area contributed by atoms with E-state index in [0.717, 1.165) is 22.3 Å². The number of pyridine rings is 1. The molecule has 0 aliphatic carbocycles. The van der Waals surface area contributed by atoms with Crippen molar-refractivity contribution in [2.75, 3.05) is 0 Å². The van der Waals surface area contributed by atoms with Gasteiger partial charge in [-0.15, -0.1) is 0 Å². The van der Waals surface area contributed by atoms with Crippen molar-refractivity contribution in [3.63, 3.8) is 0 Å². The van der Waals surface area contributed by atoms with Gasteiger partial charge in [0.05, 0.1) is 11.3 Å². The van der Waals surface area contributed by atoms with Gasteiger partial charge in [0.25, 0.3) is 5.56 Å². The van der Waals surface area contributed by atoms with Gasteiger partial charge in [0.2, 0.25) is 0 Å². The van der Waals surface area contributed by atoms with Crippen LogP contribution in [-0.4, -0.2) is 27.0 Å². The Hall–Kier alpha value is -4.52. The number of carboxylic acid groups (broad SMARTS) is 1. The summed E-state index contributed by atoms with van der Waals surface area (Å²) in [5.41, 5.74) is 5.11. The highest BCUT2D eigenvalue weighted by Crippen LogP contribution is 2.33. The number of hydrogen-bond donors (Lipinski definition) is 3. The molecule has 3 N–H and O–H groups in total. The monoisotopic (exact) mass is 484 g/mol. The molecule has 1 heterocycles. The third kappa shape index (κ3) is 5.25. The Morgan fingerprint density at radius 1 is 0.944 bits per heavy atom. The number of hydrogen-bond acceptors (Lipinski definition) is 4. The van der Waals surface area contributed by atoms with E-state index in [1.54, 1.807) is 43.3 Å². The van der Waals surface area contributed by atoms with Crippen LogP contribution in [-0.2, 0) is 0 Å². The molecular weight excluding hydrogens is 459 g/mol. The summed E-state index contributed by atoms with van der Waals surface area (Å²) in [7, 11) is 0. The van der Waals surface area contributed by atoms with Crippen molar-refractivity contribution in [1.82, 2.24) is 4.98 Å². The number of H-pyrrole nitrogens is 1.